The van der Waals surface area contributed by atoms with E-state index in [9.17, 15) is 0 Å². The Kier molecular flexibility index (Phi) is 110. The first-order valence-electron chi connectivity index (χ1n) is 18.6. The van der Waals surface area contributed by atoms with E-state index in [1.165, 1.54) is 85.8 Å². The van der Waals surface area contributed by atoms with E-state index in [0.29, 0.717) is 0 Å². The molecule has 8 rings (SSSR count). The summed E-state index contributed by atoms with van der Waals surface area (Å²) in [7, 11) is 0. The summed E-state index contributed by atoms with van der Waals surface area (Å²) in [6.07, 6.45) is 29.1. The van der Waals surface area contributed by atoms with Crippen LogP contribution in [0.4, 0.5) is 0 Å². The molecule has 32 heteroatoms. The predicted molar refractivity (Wildman–Crippen MR) is 344 cm³/mol. The van der Waals surface area contributed by atoms with Gasteiger partial charge < -0.3 is 76.1 Å². The van der Waals surface area contributed by atoms with E-state index in [1.54, 1.807) is 74.4 Å². The van der Waals surface area contributed by atoms with E-state index >= 15 is 0 Å². The number of hydrogen-bond acceptors (Lipinski definition) is 14. The molecule has 0 aliphatic rings. The number of nitrogens with one attached hydrogen (secondary N) is 2. The average Bonchev–Trinajstić information content (AvgIpc) is 3.43. The standard InChI is InChI=1S/4C10H8N2.8CNS.6H2O.2Y/c4*1-5-11-6-2-9(1)10-3-7-12-8-4-10;8*2-1-3;;;;;;;;/h4*1-8H;;;;;;;;;6*1H2;;/q;;;;8*-1;;;;;;;2*+3/p+8. The van der Waals surface area contributed by atoms with Gasteiger partial charge >= 0.3 is 65.4 Å². The smallest absolute Gasteiger partial charge is 0.753 e. The third kappa shape index (κ3) is 65.8. The molecule has 0 bridgehead atoms. The summed E-state index contributed by atoms with van der Waals surface area (Å²) in [6.45, 7) is 0. The molecule has 8 aromatic rings. The Hall–Kier alpha value is -6.43. The number of thiocarbonyl (C=S) groups is 8. The van der Waals surface area contributed by atoms with Crippen LogP contribution in [0.15, 0.2) is 196 Å². The van der Waals surface area contributed by atoms with Crippen LogP contribution in [0.3, 0.4) is 0 Å². The first-order chi connectivity index (χ1) is 35.2. The quantitative estimate of drug-likeness (QED) is 0.0960. The van der Waals surface area contributed by atoms with Crippen LogP contribution in [0.25, 0.3) is 87.8 Å². The molecule has 408 valence electrons. The second-order valence-corrected chi connectivity index (χ2v) is 12.2. The molecule has 8 aromatic heterocycles. The molecule has 0 aliphatic carbocycles. The van der Waals surface area contributed by atoms with Crippen molar-refractivity contribution in [2.75, 3.05) is 0 Å². The molecule has 80 heavy (non-hydrogen) atoms. The first kappa shape index (κ1) is 102. The Bertz CT molecular complexity index is 2250. The third-order valence-electron chi connectivity index (χ3n) is 6.85. The number of H-pyrrole nitrogens is 2. The van der Waals surface area contributed by atoms with Crippen molar-refractivity contribution < 1.29 is 108 Å². The molecule has 0 amide bonds. The van der Waals surface area contributed by atoms with E-state index in [1.807, 2.05) is 122 Å². The van der Waals surface area contributed by atoms with E-state index in [-0.39, 0.29) is 98.3 Å². The fraction of sp³-hybridized carbons (Fsp3) is 0. The minimum Gasteiger partial charge on any atom is -0.753 e. The van der Waals surface area contributed by atoms with E-state index in [0.717, 1.165) is 0 Å². The number of nitrogens with zero attached hydrogens (tertiary/aromatic N) is 14. The minimum absolute atomic E-state index is 0. The summed E-state index contributed by atoms with van der Waals surface area (Å²) < 4.78 is 0. The van der Waals surface area contributed by atoms with Crippen LogP contribution in [-0.2, 0) is 98.3 Å². The van der Waals surface area contributed by atoms with Gasteiger partial charge in [-0.15, -0.1) is 0 Å². The van der Waals surface area contributed by atoms with Gasteiger partial charge in [-0.25, -0.2) is 9.97 Å². The van der Waals surface area contributed by atoms with Gasteiger partial charge in [-0.3, -0.25) is 29.9 Å². The second kappa shape index (κ2) is 86.5. The largest absolute Gasteiger partial charge is 3.00 e. The third-order valence-corrected chi connectivity index (χ3v) is 6.85. The van der Waals surface area contributed by atoms with Crippen LogP contribution in [-0.4, -0.2) is 71.2 Å². The van der Waals surface area contributed by atoms with Crippen LogP contribution in [0.2, 0.25) is 0 Å². The number of aromatic amines is 2. The van der Waals surface area contributed by atoms with Crippen LogP contribution in [0.5, 0.6) is 0 Å². The van der Waals surface area contributed by atoms with Gasteiger partial charge in [0.1, 0.15) is 0 Å². The SMILES string of the molecule is [N-]=C=S.[N-]=C=S.[N-]=C=S.[N-]=C=S.[N-]=C=S.[N-]=C=S.[N-]=C=S.[N-]=C=S.[OH3+].[OH3+].[OH3+].[OH3+].[OH3+].[OH3+].[Y+3].[Y+3].c1cc(-c2cc[nH+]cc2)ccn1.c1cc(-c2cc[nH+]cc2)ccn1.c1cc(-c2ccncc2)ccn1.c1cc(-c2ccncc2)ccn1. The van der Waals surface area contributed by atoms with Crippen molar-refractivity contribution >= 4 is 139 Å². The second-order valence-electron chi connectivity index (χ2n) is 10.7. The molecule has 0 saturated heterocycles. The molecule has 0 aliphatic heterocycles. The maximum atomic E-state index is 7.13. The van der Waals surface area contributed by atoms with Crippen LogP contribution in [0, 0.1) is 0 Å². The van der Waals surface area contributed by atoms with Gasteiger partial charge in [0.15, 0.2) is 24.8 Å². The summed E-state index contributed by atoms with van der Waals surface area (Å²) >= 11 is 29.6. The van der Waals surface area contributed by atoms with Crippen molar-refractivity contribution in [1.82, 2.24) is 29.9 Å². The normalized spacial score (nSPS) is 6.60. The molecule has 0 fully saturated rings. The van der Waals surface area contributed by atoms with Crippen LogP contribution >= 0.6 is 97.7 Å². The zero-order valence-corrected chi connectivity index (χ0v) is 53.8. The van der Waals surface area contributed by atoms with E-state index in [2.05, 4.69) is 138 Å². The number of pyridine rings is 8. The van der Waals surface area contributed by atoms with Gasteiger partial charge in [-0.2, -0.15) is 41.3 Å². The van der Waals surface area contributed by atoms with Crippen molar-refractivity contribution in [1.29, 1.82) is 0 Å². The van der Waals surface area contributed by atoms with Gasteiger partial charge in [-0.05, 0) is 117 Å². The van der Waals surface area contributed by atoms with Crippen LogP contribution < -0.4 is 9.97 Å². The van der Waals surface area contributed by atoms with Gasteiger partial charge in [0, 0.05) is 98.6 Å². The molecule has 0 aromatic carbocycles. The first-order valence-corrected chi connectivity index (χ1v) is 21.9. The molecule has 0 spiro atoms. The Labute approximate surface area is 555 Å². The van der Waals surface area contributed by atoms with Crippen molar-refractivity contribution in [2.45, 2.75) is 0 Å². The van der Waals surface area contributed by atoms with E-state index in [4.69, 9.17) is 43.3 Å². The number of hydrogen-bond donors (Lipinski definition) is 0. The Morgan fingerprint density at radius 2 is 0.312 bits per heavy atom. The molecule has 0 atom stereocenters. The summed E-state index contributed by atoms with van der Waals surface area (Å²) in [6, 6.07) is 32.0. The van der Waals surface area contributed by atoms with Gasteiger partial charge in [-0.1, -0.05) is 97.7 Å². The maximum absolute atomic E-state index is 7.13. The summed E-state index contributed by atoms with van der Waals surface area (Å²) in [5, 5.41) is 67.7. The molecular formula is C48H52N16O6S8Y2+6. The zero-order chi connectivity index (χ0) is 54.6. The summed E-state index contributed by atoms with van der Waals surface area (Å²) in [5.74, 6) is 0. The Morgan fingerprint density at radius 3 is 0.412 bits per heavy atom. The number of isothiocyanates is 8. The topological polar surface area (TPSA) is 482 Å². The van der Waals surface area contributed by atoms with Gasteiger partial charge in [0.05, 0.1) is 0 Å². The molecule has 0 saturated carbocycles. The van der Waals surface area contributed by atoms with E-state index < -0.39 is 0 Å². The van der Waals surface area contributed by atoms with Gasteiger partial charge in [0.2, 0.25) is 0 Å². The zero-order valence-electron chi connectivity index (χ0n) is 41.6. The van der Waals surface area contributed by atoms with Crippen LogP contribution in [0.1, 0.15) is 0 Å². The van der Waals surface area contributed by atoms with Crippen molar-refractivity contribution in [3.05, 3.63) is 239 Å². The molecule has 0 unspecified atom stereocenters. The summed E-state index contributed by atoms with van der Waals surface area (Å²) in [5.41, 5.74) is 9.49. The Morgan fingerprint density at radius 1 is 0.225 bits per heavy atom. The molecule has 8 heterocycles. The fourth-order valence-corrected chi connectivity index (χ4v) is 4.42. The molecular weight excluding hydrogens is 1330 g/mol. The molecule has 0 radical (unpaired) electrons. The average molecular weight is 1380 g/mol. The van der Waals surface area contributed by atoms with Crippen molar-refractivity contribution in [2.24, 2.45) is 0 Å². The number of rotatable bonds is 4. The molecule has 20 N–H and O–H groups in total. The number of aromatic nitrogens is 8. The monoisotopic (exact) mass is 1380 g/mol. The minimum atomic E-state index is 0. The predicted octanol–water partition coefficient (Wildman–Crippen LogP) is 7.15. The molecule has 22 nitrogen and oxygen atoms in total. The van der Waals surface area contributed by atoms with Crippen molar-refractivity contribution in [3.8, 4) is 44.5 Å². The fourth-order valence-electron chi connectivity index (χ4n) is 4.42. The van der Waals surface area contributed by atoms with Crippen molar-refractivity contribution in [3.63, 3.8) is 0 Å². The summed E-state index contributed by atoms with van der Waals surface area (Å²) in [4.78, 5) is 29.7. The Balaban J connectivity index is -0.0000000661. The maximum Gasteiger partial charge on any atom is 3.00 e. The van der Waals surface area contributed by atoms with Gasteiger partial charge in [0.25, 0.3) is 0 Å².